The molecule has 1 aliphatic rings. The second kappa shape index (κ2) is 9.35. The summed E-state index contributed by atoms with van der Waals surface area (Å²) in [5.74, 6) is 12.5. The molecule has 172 valence electrons. The molecule has 10 heteroatoms. The Hall–Kier alpha value is -2.82. The highest BCUT2D eigenvalue weighted by molar-refractivity contribution is 7.97. The zero-order valence-corrected chi connectivity index (χ0v) is 20.2. The van der Waals surface area contributed by atoms with Gasteiger partial charge in [-0.1, -0.05) is 6.07 Å². The van der Waals surface area contributed by atoms with Gasteiger partial charge < -0.3 is 15.9 Å². The monoisotopic (exact) mass is 457 g/mol. The number of hydrogen-bond acceptors (Lipinski definition) is 8. The molecule has 9 nitrogen and oxygen atoms in total. The first-order chi connectivity index (χ1) is 15.0. The molecule has 0 atom stereocenters. The van der Waals surface area contributed by atoms with E-state index >= 15 is 0 Å². The van der Waals surface area contributed by atoms with E-state index in [2.05, 4.69) is 40.5 Å². The van der Waals surface area contributed by atoms with Crippen molar-refractivity contribution < 1.29 is 9.53 Å². The largest absolute Gasteiger partial charge is 0.496 e. The van der Waals surface area contributed by atoms with Gasteiger partial charge in [-0.3, -0.25) is 9.80 Å². The number of aromatic nitrogens is 1. The number of methoxy groups -OCH3 is 1. The highest BCUT2D eigenvalue weighted by Crippen LogP contribution is 2.43. The smallest absolute Gasteiger partial charge is 0.260 e. The molecule has 32 heavy (non-hydrogen) atoms. The number of amides is 1. The number of pyridine rings is 1. The molecule has 1 aliphatic heterocycles. The van der Waals surface area contributed by atoms with Crippen molar-refractivity contribution in [3.05, 3.63) is 47.2 Å². The van der Waals surface area contributed by atoms with E-state index in [4.69, 9.17) is 16.4 Å². The molecule has 0 saturated carbocycles. The van der Waals surface area contributed by atoms with Gasteiger partial charge in [0.1, 0.15) is 17.3 Å². The van der Waals surface area contributed by atoms with E-state index in [9.17, 15) is 4.79 Å². The van der Waals surface area contributed by atoms with Crippen molar-refractivity contribution in [2.75, 3.05) is 12.4 Å². The van der Waals surface area contributed by atoms with Gasteiger partial charge in [0.2, 0.25) is 0 Å². The van der Waals surface area contributed by atoms with Gasteiger partial charge in [0.25, 0.3) is 5.91 Å². The third-order valence-corrected chi connectivity index (χ3v) is 6.51. The first kappa shape index (κ1) is 23.8. The van der Waals surface area contributed by atoms with Crippen LogP contribution in [0.15, 0.2) is 40.3 Å². The van der Waals surface area contributed by atoms with Crippen molar-refractivity contribution >= 4 is 29.5 Å². The number of carbonyl (C=O) groups is 1. The molecule has 0 fully saturated rings. The molecule has 0 bridgehead atoms. The Labute approximate surface area is 193 Å². The highest BCUT2D eigenvalue weighted by atomic mass is 32.2. The minimum Gasteiger partial charge on any atom is -0.496 e. The molecule has 1 amide bonds. The number of anilines is 1. The summed E-state index contributed by atoms with van der Waals surface area (Å²) in [4.78, 5) is 18.6. The van der Waals surface area contributed by atoms with Crippen LogP contribution >= 0.6 is 11.9 Å². The maximum atomic E-state index is 13.1. The van der Waals surface area contributed by atoms with E-state index in [1.165, 1.54) is 5.01 Å². The van der Waals surface area contributed by atoms with Crippen molar-refractivity contribution in [1.82, 2.24) is 14.3 Å². The molecule has 2 heterocycles. The van der Waals surface area contributed by atoms with Crippen LogP contribution in [0.3, 0.4) is 0 Å². The zero-order chi connectivity index (χ0) is 23.6. The number of nitrogens with zero attached hydrogens (tertiary/aromatic N) is 4. The van der Waals surface area contributed by atoms with E-state index in [1.807, 2.05) is 26.0 Å². The number of nitrogens with one attached hydrogen (secondary N) is 1. The van der Waals surface area contributed by atoms with Crippen LogP contribution in [0.4, 0.5) is 5.82 Å². The van der Waals surface area contributed by atoms with Crippen LogP contribution in [-0.4, -0.2) is 44.7 Å². The zero-order valence-electron chi connectivity index (χ0n) is 19.3. The summed E-state index contributed by atoms with van der Waals surface area (Å²) in [6.45, 7) is 11.1. The molecule has 0 saturated heterocycles. The third-order valence-electron chi connectivity index (χ3n) is 5.04. The fraction of sp³-hybridized carbons (Fsp3) is 0.409. The first-order valence-corrected chi connectivity index (χ1v) is 11.1. The van der Waals surface area contributed by atoms with Gasteiger partial charge in [0.15, 0.2) is 5.84 Å². The average molecular weight is 458 g/mol. The number of hydrogen-bond donors (Lipinski definition) is 3. The Morgan fingerprint density at radius 3 is 2.66 bits per heavy atom. The van der Waals surface area contributed by atoms with Crippen molar-refractivity contribution in [3.63, 3.8) is 0 Å². The summed E-state index contributed by atoms with van der Waals surface area (Å²) < 4.78 is 7.80. The average Bonchev–Trinajstić information content (AvgIpc) is 3.17. The lowest BCUT2D eigenvalue weighted by Gasteiger charge is -2.29. The molecule has 5 N–H and O–H groups in total. The molecule has 1 aromatic heterocycles. The van der Waals surface area contributed by atoms with Crippen LogP contribution < -0.4 is 21.7 Å². The number of amidine groups is 1. The fourth-order valence-corrected chi connectivity index (χ4v) is 4.29. The second-order valence-electron chi connectivity index (χ2n) is 8.77. The normalized spacial score (nSPS) is 14.4. The Morgan fingerprint density at radius 2 is 2.06 bits per heavy atom. The molecule has 0 spiro atoms. The molecular formula is C22H31N7O2S. The van der Waals surface area contributed by atoms with Gasteiger partial charge >= 0.3 is 0 Å². The van der Waals surface area contributed by atoms with Crippen molar-refractivity contribution in [3.8, 4) is 5.75 Å². The summed E-state index contributed by atoms with van der Waals surface area (Å²) in [5.41, 5.74) is 2.04. The number of hydrazine groups is 1. The summed E-state index contributed by atoms with van der Waals surface area (Å²) in [5, 5.41) is 8.04. The number of rotatable bonds is 5. The molecule has 3 rings (SSSR count). The van der Waals surface area contributed by atoms with E-state index in [1.54, 1.807) is 37.3 Å². The third kappa shape index (κ3) is 4.98. The Bertz CT molecular complexity index is 1030. The predicted molar refractivity (Wildman–Crippen MR) is 128 cm³/mol. The van der Waals surface area contributed by atoms with Crippen LogP contribution in [0.1, 0.15) is 56.2 Å². The molecule has 0 aliphatic carbocycles. The van der Waals surface area contributed by atoms with E-state index in [-0.39, 0.29) is 17.5 Å². The topological polar surface area (TPSA) is 122 Å². The lowest BCUT2D eigenvalue weighted by atomic mass is 10.1. The van der Waals surface area contributed by atoms with E-state index < -0.39 is 0 Å². The van der Waals surface area contributed by atoms with Crippen molar-refractivity contribution in [2.24, 2.45) is 16.8 Å². The van der Waals surface area contributed by atoms with Crippen LogP contribution in [0, 0.1) is 0 Å². The maximum Gasteiger partial charge on any atom is 0.260 e. The van der Waals surface area contributed by atoms with Gasteiger partial charge in [-0.05, 0) is 76.4 Å². The minimum absolute atomic E-state index is 0.00117. The highest BCUT2D eigenvalue weighted by Gasteiger charge is 2.31. The summed E-state index contributed by atoms with van der Waals surface area (Å²) in [6, 6.07) is 8.96. The minimum atomic E-state index is -0.316. The second-order valence-corrected chi connectivity index (χ2v) is 9.84. The first-order valence-electron chi connectivity index (χ1n) is 10.3. The lowest BCUT2D eigenvalue weighted by molar-refractivity contribution is 0.102. The Morgan fingerprint density at radius 1 is 1.34 bits per heavy atom. The SMILES string of the molecule is COc1cc2c(cc1C(=O)Nc1cccc(/C(=N/N)N(N)C(C)C)n1)SN(C(C)(C)C)C2. The molecule has 1 aromatic carbocycles. The van der Waals surface area contributed by atoms with E-state index in [0.717, 1.165) is 17.0 Å². The molecule has 0 unspecified atom stereocenters. The Kier molecular flexibility index (Phi) is 6.97. The summed E-state index contributed by atoms with van der Waals surface area (Å²) in [7, 11) is 1.56. The molecule has 0 radical (unpaired) electrons. The number of ether oxygens (including phenoxy) is 1. The van der Waals surface area contributed by atoms with Crippen LogP contribution in [0.25, 0.3) is 0 Å². The van der Waals surface area contributed by atoms with Crippen molar-refractivity contribution in [1.29, 1.82) is 0 Å². The lowest BCUT2D eigenvalue weighted by Crippen LogP contribution is -2.44. The molecule has 2 aromatic rings. The Balaban J connectivity index is 1.86. The van der Waals surface area contributed by atoms with Crippen LogP contribution in [-0.2, 0) is 6.54 Å². The maximum absolute atomic E-state index is 13.1. The summed E-state index contributed by atoms with van der Waals surface area (Å²) in [6.07, 6.45) is 0. The predicted octanol–water partition coefficient (Wildman–Crippen LogP) is 3.17. The summed E-state index contributed by atoms with van der Waals surface area (Å²) >= 11 is 1.65. The number of benzene rings is 1. The van der Waals surface area contributed by atoms with Crippen molar-refractivity contribution in [2.45, 2.75) is 57.6 Å². The standard InChI is InChI=1S/C22H31N7O2S/c1-13(2)29(24)20(27-23)16-8-7-9-19(25-16)26-21(30)15-11-18-14(10-17(15)31-6)12-28(32-18)22(3,4)5/h7-11,13H,12,23-24H2,1-6H3,(H,25,26,30)/b27-20-. The van der Waals surface area contributed by atoms with Gasteiger partial charge in [-0.15, -0.1) is 0 Å². The van der Waals surface area contributed by atoms with Gasteiger partial charge in [0.05, 0.1) is 12.7 Å². The van der Waals surface area contributed by atoms with Gasteiger partial charge in [-0.25, -0.2) is 15.1 Å². The number of hydrazone groups is 1. The number of carbonyl (C=O) groups excluding carboxylic acids is 1. The number of nitrogens with two attached hydrogens (primary N) is 2. The van der Waals surface area contributed by atoms with Crippen LogP contribution in [0.5, 0.6) is 5.75 Å². The van der Waals surface area contributed by atoms with Gasteiger partial charge in [-0.2, -0.15) is 5.10 Å². The van der Waals surface area contributed by atoms with Gasteiger partial charge in [0, 0.05) is 23.0 Å². The van der Waals surface area contributed by atoms with Crippen LogP contribution in [0.2, 0.25) is 0 Å². The molecular weight excluding hydrogens is 426 g/mol. The fourth-order valence-electron chi connectivity index (χ4n) is 3.16. The quantitative estimate of drug-likeness (QED) is 0.206. The van der Waals surface area contributed by atoms with E-state index in [0.29, 0.717) is 28.7 Å². The number of fused-ring (bicyclic) bond motifs is 1.